The van der Waals surface area contributed by atoms with E-state index in [9.17, 15) is 14.3 Å². The topological polar surface area (TPSA) is 66.8 Å². The minimum absolute atomic E-state index is 0.132. The van der Waals surface area contributed by atoms with E-state index in [1.807, 2.05) is 6.08 Å². The minimum atomic E-state index is -0.746. The Hall–Kier alpha value is -2.40. The standard InChI is InChI=1S/C24H29FO4/c25-19-9-12-21(13-10-19)29-16-20(26)11-14-23-18-8-7-17(15-18)22(23)5-3-1-2-4-6-24(27)28/h1,3,7-14,17-18,20,22-23,26H,2,4-6,15-16H2,(H,27,28)/b3-1+,14-11+/t17?,18?,20-,22-,23-/m0/s1. The van der Waals surface area contributed by atoms with Crippen molar-refractivity contribution in [1.82, 2.24) is 0 Å². The lowest BCUT2D eigenvalue weighted by Gasteiger charge is -2.25. The van der Waals surface area contributed by atoms with Gasteiger partial charge in [0.25, 0.3) is 0 Å². The molecule has 2 N–H and O–H groups in total. The molecule has 2 aliphatic carbocycles. The first-order chi connectivity index (χ1) is 14.0. The molecule has 4 nitrogen and oxygen atoms in total. The molecule has 0 aliphatic heterocycles. The number of aliphatic hydroxyl groups excluding tert-OH is 1. The van der Waals surface area contributed by atoms with Crippen LogP contribution in [0, 0.1) is 29.5 Å². The zero-order valence-corrected chi connectivity index (χ0v) is 16.5. The van der Waals surface area contributed by atoms with Crippen LogP contribution >= 0.6 is 0 Å². The molecule has 2 aliphatic rings. The van der Waals surface area contributed by atoms with Crippen molar-refractivity contribution < 1.29 is 24.1 Å². The van der Waals surface area contributed by atoms with Gasteiger partial charge in [0.05, 0.1) is 0 Å². The first kappa shape index (κ1) is 21.3. The molecule has 5 heteroatoms. The smallest absolute Gasteiger partial charge is 0.303 e. The van der Waals surface area contributed by atoms with Crippen LogP contribution in [0.2, 0.25) is 0 Å². The molecule has 0 aromatic heterocycles. The molecule has 1 fully saturated rings. The third kappa shape index (κ3) is 6.29. The summed E-state index contributed by atoms with van der Waals surface area (Å²) in [6.07, 6.45) is 15.9. The summed E-state index contributed by atoms with van der Waals surface area (Å²) in [6.45, 7) is 0.132. The van der Waals surface area contributed by atoms with Crippen molar-refractivity contribution >= 4 is 5.97 Å². The molecule has 0 radical (unpaired) electrons. The highest BCUT2D eigenvalue weighted by Gasteiger charge is 2.42. The summed E-state index contributed by atoms with van der Waals surface area (Å²) in [5.74, 6) is 1.48. The van der Waals surface area contributed by atoms with Crippen molar-refractivity contribution in [3.05, 3.63) is 66.5 Å². The number of ether oxygens (including phenoxy) is 1. The number of carboxylic acids is 1. The first-order valence-electron chi connectivity index (χ1n) is 10.3. The molecule has 0 saturated heterocycles. The van der Waals surface area contributed by atoms with E-state index in [4.69, 9.17) is 9.84 Å². The number of fused-ring (bicyclic) bond motifs is 2. The Kier molecular flexibility index (Phi) is 7.64. The zero-order chi connectivity index (χ0) is 20.6. The molecule has 2 unspecified atom stereocenters. The Morgan fingerprint density at radius 2 is 1.97 bits per heavy atom. The van der Waals surface area contributed by atoms with Crippen molar-refractivity contribution in [3.63, 3.8) is 0 Å². The highest BCUT2D eigenvalue weighted by molar-refractivity contribution is 5.66. The van der Waals surface area contributed by atoms with E-state index in [1.165, 1.54) is 12.1 Å². The van der Waals surface area contributed by atoms with Gasteiger partial charge in [-0.1, -0.05) is 36.5 Å². The van der Waals surface area contributed by atoms with E-state index in [0.29, 0.717) is 35.8 Å². The van der Waals surface area contributed by atoms with E-state index in [0.717, 1.165) is 19.3 Å². The number of halogens is 1. The molecular weight excluding hydrogens is 371 g/mol. The molecule has 1 aromatic rings. The van der Waals surface area contributed by atoms with Crippen LogP contribution in [0.15, 0.2) is 60.7 Å². The molecule has 0 amide bonds. The number of carbonyl (C=O) groups is 1. The Bertz CT molecular complexity index is 753. The largest absolute Gasteiger partial charge is 0.491 e. The summed E-state index contributed by atoms with van der Waals surface area (Å²) in [5.41, 5.74) is 0. The Morgan fingerprint density at radius 1 is 1.21 bits per heavy atom. The van der Waals surface area contributed by atoms with E-state index in [2.05, 4.69) is 30.4 Å². The van der Waals surface area contributed by atoms with Crippen LogP contribution in [0.4, 0.5) is 4.39 Å². The predicted octanol–water partition coefficient (Wildman–Crippen LogP) is 4.76. The lowest BCUT2D eigenvalue weighted by atomic mass is 9.80. The number of unbranched alkanes of at least 4 members (excludes halogenated alkanes) is 1. The van der Waals surface area contributed by atoms with Crippen molar-refractivity contribution in [2.24, 2.45) is 23.7 Å². The summed E-state index contributed by atoms with van der Waals surface area (Å²) in [5, 5.41) is 18.9. The molecule has 3 rings (SSSR count). The molecule has 5 atom stereocenters. The van der Waals surface area contributed by atoms with Crippen molar-refractivity contribution in [1.29, 1.82) is 0 Å². The number of benzene rings is 1. The van der Waals surface area contributed by atoms with Crippen LogP contribution in [-0.2, 0) is 4.79 Å². The first-order valence-corrected chi connectivity index (χ1v) is 10.3. The van der Waals surface area contributed by atoms with Gasteiger partial charge in [-0.2, -0.15) is 0 Å². The molecule has 156 valence electrons. The normalized spacial score (nSPS) is 26.6. The van der Waals surface area contributed by atoms with Crippen LogP contribution in [-0.4, -0.2) is 28.9 Å². The molecule has 0 heterocycles. The van der Waals surface area contributed by atoms with Gasteiger partial charge < -0.3 is 14.9 Å². The molecule has 2 bridgehead atoms. The fourth-order valence-corrected chi connectivity index (χ4v) is 4.35. The van der Waals surface area contributed by atoms with E-state index in [-0.39, 0.29) is 18.8 Å². The molecule has 1 aromatic carbocycles. The number of rotatable bonds is 11. The van der Waals surface area contributed by atoms with Crippen LogP contribution in [0.5, 0.6) is 5.75 Å². The number of aliphatic carboxylic acids is 1. The summed E-state index contributed by atoms with van der Waals surface area (Å²) in [7, 11) is 0. The van der Waals surface area contributed by atoms with Crippen LogP contribution in [0.3, 0.4) is 0 Å². The molecular formula is C24H29FO4. The number of allylic oxidation sites excluding steroid dienone is 5. The van der Waals surface area contributed by atoms with Crippen LogP contribution in [0.1, 0.15) is 32.1 Å². The highest BCUT2D eigenvalue weighted by Crippen LogP contribution is 2.50. The zero-order valence-electron chi connectivity index (χ0n) is 16.5. The van der Waals surface area contributed by atoms with Crippen molar-refractivity contribution in [3.8, 4) is 5.75 Å². The Balaban J connectivity index is 1.47. The van der Waals surface area contributed by atoms with E-state index in [1.54, 1.807) is 12.1 Å². The maximum atomic E-state index is 12.9. The SMILES string of the molecule is O=C(O)CCC/C=C/C[C@H]1C2C=CC(C2)[C@@H]1/C=C/[C@H](O)COc1ccc(F)cc1. The highest BCUT2D eigenvalue weighted by atomic mass is 19.1. The summed E-state index contributed by atoms with van der Waals surface area (Å²) >= 11 is 0. The average Bonchev–Trinajstić information content (AvgIpc) is 3.30. The Labute approximate surface area is 171 Å². The second-order valence-corrected chi connectivity index (χ2v) is 7.90. The van der Waals surface area contributed by atoms with Gasteiger partial charge in [0.15, 0.2) is 0 Å². The summed E-state index contributed by atoms with van der Waals surface area (Å²) < 4.78 is 18.4. The summed E-state index contributed by atoms with van der Waals surface area (Å²) in [4.78, 5) is 10.6. The van der Waals surface area contributed by atoms with Gasteiger partial charge in [-0.3, -0.25) is 4.79 Å². The van der Waals surface area contributed by atoms with E-state index < -0.39 is 12.1 Å². The van der Waals surface area contributed by atoms with Gasteiger partial charge in [-0.05, 0) is 73.6 Å². The van der Waals surface area contributed by atoms with Gasteiger partial charge in [-0.25, -0.2) is 4.39 Å². The number of hydrogen-bond donors (Lipinski definition) is 2. The molecule has 1 saturated carbocycles. The molecule has 29 heavy (non-hydrogen) atoms. The maximum absolute atomic E-state index is 12.9. The average molecular weight is 400 g/mol. The second kappa shape index (κ2) is 10.4. The third-order valence-corrected chi connectivity index (χ3v) is 5.81. The number of hydrogen-bond acceptors (Lipinski definition) is 3. The van der Waals surface area contributed by atoms with Gasteiger partial charge >= 0.3 is 5.97 Å². The van der Waals surface area contributed by atoms with E-state index >= 15 is 0 Å². The van der Waals surface area contributed by atoms with Crippen LogP contribution in [0.25, 0.3) is 0 Å². The minimum Gasteiger partial charge on any atom is -0.491 e. The van der Waals surface area contributed by atoms with Crippen molar-refractivity contribution in [2.45, 2.75) is 38.2 Å². The number of aliphatic hydroxyl groups is 1. The Morgan fingerprint density at radius 3 is 2.72 bits per heavy atom. The third-order valence-electron chi connectivity index (χ3n) is 5.81. The monoisotopic (exact) mass is 400 g/mol. The fraction of sp³-hybridized carbons (Fsp3) is 0.458. The lowest BCUT2D eigenvalue weighted by molar-refractivity contribution is -0.137. The van der Waals surface area contributed by atoms with Gasteiger partial charge in [0.2, 0.25) is 0 Å². The van der Waals surface area contributed by atoms with Gasteiger partial charge in [0, 0.05) is 6.42 Å². The summed E-state index contributed by atoms with van der Waals surface area (Å²) in [6, 6.07) is 5.76. The van der Waals surface area contributed by atoms with Gasteiger partial charge in [0.1, 0.15) is 24.3 Å². The fourth-order valence-electron chi connectivity index (χ4n) is 4.35. The predicted molar refractivity (Wildman–Crippen MR) is 110 cm³/mol. The second-order valence-electron chi connectivity index (χ2n) is 7.90. The quantitative estimate of drug-likeness (QED) is 0.415. The van der Waals surface area contributed by atoms with Crippen LogP contribution < -0.4 is 4.74 Å². The lowest BCUT2D eigenvalue weighted by Crippen LogP contribution is -2.19. The molecule has 0 spiro atoms. The van der Waals surface area contributed by atoms with Crippen molar-refractivity contribution in [2.75, 3.05) is 6.61 Å². The number of carboxylic acid groups (broad SMARTS) is 1. The maximum Gasteiger partial charge on any atom is 0.303 e. The van der Waals surface area contributed by atoms with Gasteiger partial charge in [-0.15, -0.1) is 0 Å².